The Morgan fingerprint density at radius 3 is 1.69 bits per heavy atom. The van der Waals surface area contributed by atoms with Crippen molar-refractivity contribution in [1.29, 1.82) is 0 Å². The summed E-state index contributed by atoms with van der Waals surface area (Å²) < 4.78 is 2.33. The third kappa shape index (κ3) is 4.08. The number of hydrogen-bond donors (Lipinski definition) is 1. The van der Waals surface area contributed by atoms with Crippen LogP contribution in [-0.4, -0.2) is 16.5 Å². The van der Waals surface area contributed by atoms with Gasteiger partial charge >= 0.3 is 6.92 Å². The van der Waals surface area contributed by atoms with Crippen LogP contribution in [0.2, 0.25) is 0 Å². The molecule has 3 nitrogen and oxygen atoms in total. The number of para-hydroxylation sites is 2. The Morgan fingerprint density at radius 2 is 1.10 bits per heavy atom. The third-order valence-electron chi connectivity index (χ3n) is 8.82. The van der Waals surface area contributed by atoms with E-state index in [-0.39, 0.29) is 10.8 Å². The van der Waals surface area contributed by atoms with Gasteiger partial charge in [0.2, 0.25) is 0 Å². The standard InChI is InChI=1S/C38H37BN2O/c1-37(2,3)25-18-21-27(22-19-25)40-33-23-20-26(38(4,5)6)24-30(33)39(42)36-34(40)16-11-17-35(36)41-31-14-9-7-12-28(31)29-13-8-10-15-32(29)41/h7-24,42H,1-6H3. The maximum Gasteiger partial charge on any atom is 0.365 e. The highest BCUT2D eigenvalue weighted by Crippen LogP contribution is 2.40. The third-order valence-corrected chi connectivity index (χ3v) is 8.82. The van der Waals surface area contributed by atoms with E-state index in [0.717, 1.165) is 44.7 Å². The highest BCUT2D eigenvalue weighted by atomic mass is 16.2. The topological polar surface area (TPSA) is 28.4 Å². The van der Waals surface area contributed by atoms with Crippen molar-refractivity contribution in [1.82, 2.24) is 4.57 Å². The molecule has 42 heavy (non-hydrogen) atoms. The van der Waals surface area contributed by atoms with Crippen molar-refractivity contribution in [3.63, 3.8) is 0 Å². The molecule has 0 unspecified atom stereocenters. The molecule has 0 atom stereocenters. The highest BCUT2D eigenvalue weighted by Gasteiger charge is 2.37. The van der Waals surface area contributed by atoms with Gasteiger partial charge in [-0.2, -0.15) is 0 Å². The van der Waals surface area contributed by atoms with Crippen LogP contribution >= 0.6 is 0 Å². The zero-order valence-corrected chi connectivity index (χ0v) is 25.3. The second-order valence-electron chi connectivity index (χ2n) is 13.6. The molecule has 0 saturated heterocycles. The second-order valence-corrected chi connectivity index (χ2v) is 13.6. The molecular formula is C38H37BN2O. The summed E-state index contributed by atoms with van der Waals surface area (Å²) in [6, 6.07) is 39.1. The summed E-state index contributed by atoms with van der Waals surface area (Å²) in [4.78, 5) is 2.33. The van der Waals surface area contributed by atoms with Crippen molar-refractivity contribution in [2.24, 2.45) is 0 Å². The quantitative estimate of drug-likeness (QED) is 0.221. The molecule has 5 aromatic carbocycles. The Balaban J connectivity index is 1.53. The molecule has 7 rings (SSSR count). The number of aromatic nitrogens is 1. The molecule has 1 aliphatic rings. The lowest BCUT2D eigenvalue weighted by atomic mass is 9.51. The normalized spacial score (nSPS) is 13.5. The van der Waals surface area contributed by atoms with Gasteiger partial charge in [0.1, 0.15) is 0 Å². The lowest BCUT2D eigenvalue weighted by molar-refractivity contribution is 0.588. The van der Waals surface area contributed by atoms with Gasteiger partial charge in [-0.25, -0.2) is 0 Å². The fraction of sp³-hybridized carbons (Fsp3) is 0.211. The zero-order valence-electron chi connectivity index (χ0n) is 25.3. The van der Waals surface area contributed by atoms with E-state index in [4.69, 9.17) is 0 Å². The molecule has 1 N–H and O–H groups in total. The SMILES string of the molecule is CC(C)(C)c1ccc(N2c3ccc(C(C)(C)C)cc3B(O)c3c2cccc3-n2c3ccccc3c3ccccc32)cc1. The minimum absolute atomic E-state index is 0.0411. The smallest absolute Gasteiger partial charge is 0.365 e. The maximum absolute atomic E-state index is 12.3. The Hall–Kier alpha value is -4.28. The van der Waals surface area contributed by atoms with Crippen molar-refractivity contribution < 1.29 is 5.02 Å². The van der Waals surface area contributed by atoms with Gasteiger partial charge in [-0.15, -0.1) is 0 Å². The predicted octanol–water partition coefficient (Wildman–Crippen LogP) is 8.26. The second kappa shape index (κ2) is 9.37. The number of fused-ring (bicyclic) bond motifs is 5. The van der Waals surface area contributed by atoms with Gasteiger partial charge in [0, 0.05) is 39.0 Å². The average Bonchev–Trinajstić information content (AvgIpc) is 3.30. The molecule has 4 heteroatoms. The fourth-order valence-corrected chi connectivity index (χ4v) is 6.51. The van der Waals surface area contributed by atoms with E-state index in [2.05, 4.69) is 160 Å². The minimum Gasteiger partial charge on any atom is -0.443 e. The van der Waals surface area contributed by atoms with E-state index in [1.165, 1.54) is 21.9 Å². The molecule has 0 amide bonds. The zero-order chi connectivity index (χ0) is 29.4. The van der Waals surface area contributed by atoms with Crippen LogP contribution in [0.15, 0.2) is 109 Å². The van der Waals surface area contributed by atoms with Crippen LogP contribution in [0.4, 0.5) is 17.1 Å². The molecule has 0 saturated carbocycles. The van der Waals surface area contributed by atoms with Crippen LogP contribution in [0.3, 0.4) is 0 Å². The number of anilines is 3. The Morgan fingerprint density at radius 1 is 0.548 bits per heavy atom. The molecule has 0 aliphatic carbocycles. The number of benzene rings is 5. The number of nitrogens with zero attached hydrogens (tertiary/aromatic N) is 2. The van der Waals surface area contributed by atoms with E-state index in [1.807, 2.05) is 0 Å². The summed E-state index contributed by atoms with van der Waals surface area (Å²) in [5, 5.41) is 14.7. The molecule has 0 fully saturated rings. The summed E-state index contributed by atoms with van der Waals surface area (Å²) in [5.41, 5.74) is 10.8. The molecule has 0 spiro atoms. The summed E-state index contributed by atoms with van der Waals surface area (Å²) in [7, 11) is 0. The first-order chi connectivity index (χ1) is 20.0. The first-order valence-electron chi connectivity index (χ1n) is 14.9. The fourth-order valence-electron chi connectivity index (χ4n) is 6.51. The molecule has 0 bridgehead atoms. The Bertz CT molecular complexity index is 1920. The van der Waals surface area contributed by atoms with Crippen molar-refractivity contribution in [3.05, 3.63) is 120 Å². The van der Waals surface area contributed by atoms with Crippen molar-refractivity contribution >= 4 is 56.7 Å². The molecule has 0 radical (unpaired) electrons. The van der Waals surface area contributed by atoms with E-state index in [1.54, 1.807) is 0 Å². The van der Waals surface area contributed by atoms with E-state index < -0.39 is 6.92 Å². The predicted molar refractivity (Wildman–Crippen MR) is 180 cm³/mol. The van der Waals surface area contributed by atoms with Gasteiger partial charge in [-0.3, -0.25) is 0 Å². The lowest BCUT2D eigenvalue weighted by Gasteiger charge is -2.37. The van der Waals surface area contributed by atoms with Crippen LogP contribution in [-0.2, 0) is 10.8 Å². The van der Waals surface area contributed by atoms with Gasteiger partial charge in [0.25, 0.3) is 0 Å². The van der Waals surface area contributed by atoms with Crippen LogP contribution in [0.25, 0.3) is 27.5 Å². The van der Waals surface area contributed by atoms with Crippen molar-refractivity contribution in [3.8, 4) is 5.69 Å². The van der Waals surface area contributed by atoms with Crippen LogP contribution in [0.1, 0.15) is 52.7 Å². The maximum atomic E-state index is 12.3. The van der Waals surface area contributed by atoms with Gasteiger partial charge in [-0.05, 0) is 69.9 Å². The Kier molecular flexibility index (Phi) is 5.94. The highest BCUT2D eigenvalue weighted by molar-refractivity contribution is 6.83. The summed E-state index contributed by atoms with van der Waals surface area (Å²) in [5.74, 6) is 0. The number of rotatable bonds is 2. The Labute approximate surface area is 249 Å². The van der Waals surface area contributed by atoms with Gasteiger partial charge < -0.3 is 14.5 Å². The molecular weight excluding hydrogens is 511 g/mol. The summed E-state index contributed by atoms with van der Waals surface area (Å²) in [6.45, 7) is 12.6. The molecule has 1 aromatic heterocycles. The molecule has 1 aliphatic heterocycles. The van der Waals surface area contributed by atoms with Crippen molar-refractivity contribution in [2.75, 3.05) is 4.90 Å². The monoisotopic (exact) mass is 548 g/mol. The van der Waals surface area contributed by atoms with Crippen LogP contribution in [0, 0.1) is 0 Å². The first kappa shape index (κ1) is 26.6. The van der Waals surface area contributed by atoms with Crippen LogP contribution in [0.5, 0.6) is 0 Å². The first-order valence-corrected chi connectivity index (χ1v) is 14.9. The van der Waals surface area contributed by atoms with Crippen molar-refractivity contribution in [2.45, 2.75) is 52.4 Å². The average molecular weight is 549 g/mol. The van der Waals surface area contributed by atoms with Gasteiger partial charge in [-0.1, -0.05) is 108 Å². The summed E-state index contributed by atoms with van der Waals surface area (Å²) in [6.07, 6.45) is 0. The number of hydrogen-bond acceptors (Lipinski definition) is 2. The lowest BCUT2D eigenvalue weighted by Crippen LogP contribution is -2.52. The van der Waals surface area contributed by atoms with Gasteiger partial charge in [0.15, 0.2) is 0 Å². The largest absolute Gasteiger partial charge is 0.443 e. The van der Waals surface area contributed by atoms with Crippen LogP contribution < -0.4 is 15.8 Å². The minimum atomic E-state index is -0.779. The molecule has 6 aromatic rings. The summed E-state index contributed by atoms with van der Waals surface area (Å²) >= 11 is 0. The van der Waals surface area contributed by atoms with E-state index in [0.29, 0.717) is 0 Å². The van der Waals surface area contributed by atoms with Gasteiger partial charge in [0.05, 0.1) is 11.0 Å². The van der Waals surface area contributed by atoms with E-state index >= 15 is 0 Å². The molecule has 2 heterocycles. The van der Waals surface area contributed by atoms with E-state index in [9.17, 15) is 5.02 Å². The molecule has 208 valence electrons.